The maximum atomic E-state index is 9.38. The Morgan fingerprint density at radius 2 is 0.476 bits per heavy atom. The summed E-state index contributed by atoms with van der Waals surface area (Å²) in [4.78, 5) is 9.38. The number of benzene rings is 6. The van der Waals surface area contributed by atoms with E-state index in [-0.39, 0.29) is 2.38 Å². The number of carbonyl (C=O) groups excluding carboxylic acids is 1. The van der Waals surface area contributed by atoms with Crippen LogP contribution in [-0.2, 0) is 18.3 Å². The molecule has 6 aromatic carbocycles. The molecule has 0 aromatic heterocycles. The third-order valence-electron chi connectivity index (χ3n) is 6.09. The molecule has 6 rings (SSSR count). The quantitative estimate of drug-likeness (QED) is 0.0726. The van der Waals surface area contributed by atoms with Crippen molar-refractivity contribution < 1.29 is 23.1 Å². The first-order chi connectivity index (χ1) is 20.6. The Hall–Kier alpha value is -2.80. The molecule has 0 saturated carbocycles. The number of halogens is 1. The van der Waals surface area contributed by atoms with Crippen LogP contribution in [0.2, 0.25) is 0 Å². The van der Waals surface area contributed by atoms with Crippen LogP contribution in [0.1, 0.15) is 0 Å². The Morgan fingerprint density at radius 3 is 0.595 bits per heavy atom. The summed E-state index contributed by atoms with van der Waals surface area (Å²) < 4.78 is 0.0267. The standard InChI is InChI=1S/2C18H15P.CIO.Rh/c2*1-4-10-16(11-5-1)19(17-12-6-2-7-13-17)18-14-8-3-9-15-18;2-1-3;/h2*1-15H;;. The molecule has 0 spiro atoms. The van der Waals surface area contributed by atoms with E-state index in [1.807, 2.05) is 0 Å². The molecule has 0 radical (unpaired) electrons. The van der Waals surface area contributed by atoms with Crippen LogP contribution in [0.4, 0.5) is 4.79 Å². The molecule has 210 valence electrons. The molecule has 0 aliphatic carbocycles. The van der Waals surface area contributed by atoms with Crippen molar-refractivity contribution in [1.29, 1.82) is 0 Å². The predicted molar refractivity (Wildman–Crippen MR) is 190 cm³/mol. The van der Waals surface area contributed by atoms with Crippen LogP contribution >= 0.6 is 38.4 Å². The van der Waals surface area contributed by atoms with E-state index in [0.717, 1.165) is 0 Å². The van der Waals surface area contributed by atoms with Crippen molar-refractivity contribution in [2.45, 2.75) is 0 Å². The third kappa shape index (κ3) is 10.2. The molecule has 5 heteroatoms. The second kappa shape index (κ2) is 18.0. The van der Waals surface area contributed by atoms with Gasteiger partial charge in [-0.25, -0.2) is 0 Å². The minimum Gasteiger partial charge on any atom is -0.0622 e. The van der Waals surface area contributed by atoms with Crippen LogP contribution in [0.25, 0.3) is 0 Å². The SMILES string of the molecule is O=[C]([Rh])I.c1ccc(P(c2ccccc2)c2ccccc2)cc1.c1ccc(P(c2ccccc2)c2ccccc2)cc1. The van der Waals surface area contributed by atoms with Crippen molar-refractivity contribution in [1.82, 2.24) is 0 Å². The van der Waals surface area contributed by atoms with E-state index in [2.05, 4.69) is 200 Å². The molecule has 0 N–H and O–H groups in total. The van der Waals surface area contributed by atoms with Gasteiger partial charge in [0, 0.05) is 0 Å². The zero-order valence-electron chi connectivity index (χ0n) is 22.8. The fourth-order valence-corrected chi connectivity index (χ4v) is 8.97. The summed E-state index contributed by atoms with van der Waals surface area (Å²) in [6, 6.07) is 64.7. The van der Waals surface area contributed by atoms with E-state index in [0.29, 0.717) is 0 Å². The summed E-state index contributed by atoms with van der Waals surface area (Å²) in [7, 11) is -0.892. The van der Waals surface area contributed by atoms with Crippen molar-refractivity contribution in [2.24, 2.45) is 0 Å². The number of rotatable bonds is 6. The van der Waals surface area contributed by atoms with Gasteiger partial charge in [0.2, 0.25) is 0 Å². The van der Waals surface area contributed by atoms with Gasteiger partial charge in [0.1, 0.15) is 0 Å². The average Bonchev–Trinajstić information content (AvgIpc) is 3.05. The molecule has 0 amide bonds. The Morgan fingerprint density at radius 1 is 0.357 bits per heavy atom. The van der Waals surface area contributed by atoms with Gasteiger partial charge in [0.15, 0.2) is 0 Å². The summed E-state index contributed by atoms with van der Waals surface area (Å²) in [5, 5.41) is 8.39. The van der Waals surface area contributed by atoms with Gasteiger partial charge in [-0.15, -0.1) is 0 Å². The van der Waals surface area contributed by atoms with Crippen molar-refractivity contribution >= 4 is 72.6 Å². The summed E-state index contributed by atoms with van der Waals surface area (Å²) in [5.41, 5.74) is 0. The Balaban J connectivity index is 0.000000171. The molecule has 0 fully saturated rings. The molecule has 0 unspecified atom stereocenters. The first-order valence-corrected chi connectivity index (χ1v) is 17.9. The molecule has 1 nitrogen and oxygen atoms in total. The fraction of sp³-hybridized carbons (Fsp3) is 0. The molecule has 0 saturated heterocycles. The predicted octanol–water partition coefficient (Wildman–Crippen LogP) is 7.98. The first-order valence-electron chi connectivity index (χ1n) is 13.4. The van der Waals surface area contributed by atoms with Gasteiger partial charge in [-0.1, -0.05) is 182 Å². The van der Waals surface area contributed by atoms with Crippen LogP contribution in [0.15, 0.2) is 182 Å². The monoisotopic (exact) mass is 782 g/mol. The molecular formula is C37H30IOP2Rh. The minimum atomic E-state index is -0.446. The molecule has 0 heterocycles. The molecule has 42 heavy (non-hydrogen) atoms. The van der Waals surface area contributed by atoms with Crippen molar-refractivity contribution in [2.75, 3.05) is 0 Å². The Bertz CT molecular complexity index is 1280. The van der Waals surface area contributed by atoms with E-state index < -0.39 is 15.8 Å². The maximum Gasteiger partial charge on any atom is -0.0134 e. The number of hydrogen-bond acceptors (Lipinski definition) is 1. The van der Waals surface area contributed by atoms with E-state index in [1.54, 1.807) is 22.6 Å². The minimum absolute atomic E-state index is 0.0267. The van der Waals surface area contributed by atoms with Crippen LogP contribution < -0.4 is 31.8 Å². The van der Waals surface area contributed by atoms with Gasteiger partial charge >= 0.3 is 48.1 Å². The van der Waals surface area contributed by atoms with Gasteiger partial charge in [-0.2, -0.15) is 0 Å². The zero-order valence-corrected chi connectivity index (χ0v) is 28.4. The van der Waals surface area contributed by atoms with Gasteiger partial charge in [0.25, 0.3) is 0 Å². The van der Waals surface area contributed by atoms with E-state index in [1.165, 1.54) is 31.8 Å². The maximum absolute atomic E-state index is 9.38. The van der Waals surface area contributed by atoms with Crippen molar-refractivity contribution in [3.05, 3.63) is 182 Å². The Labute approximate surface area is 275 Å². The van der Waals surface area contributed by atoms with E-state index in [4.69, 9.17) is 0 Å². The Kier molecular flexibility index (Phi) is 13.8. The number of carbonyl (C=O) groups is 1. The zero-order chi connectivity index (χ0) is 29.4. The first kappa shape index (κ1) is 32.1. The molecule has 0 aliphatic rings. The summed E-state index contributed by atoms with van der Waals surface area (Å²) >= 11 is 3.82. The van der Waals surface area contributed by atoms with Crippen LogP contribution in [-0.4, -0.2) is 2.38 Å². The van der Waals surface area contributed by atoms with Crippen molar-refractivity contribution in [3.8, 4) is 0 Å². The molecule has 0 atom stereocenters. The summed E-state index contributed by atoms with van der Waals surface area (Å²) in [6.45, 7) is 0. The molecular weight excluding hydrogens is 752 g/mol. The van der Waals surface area contributed by atoms with Crippen LogP contribution in [0.5, 0.6) is 0 Å². The topological polar surface area (TPSA) is 17.1 Å². The van der Waals surface area contributed by atoms with E-state index >= 15 is 0 Å². The normalized spacial score (nSPS) is 10.2. The van der Waals surface area contributed by atoms with Crippen LogP contribution in [0, 0.1) is 0 Å². The van der Waals surface area contributed by atoms with Crippen molar-refractivity contribution in [3.63, 3.8) is 0 Å². The van der Waals surface area contributed by atoms with Gasteiger partial charge in [0.05, 0.1) is 0 Å². The third-order valence-corrected chi connectivity index (χ3v) is 11.0. The summed E-state index contributed by atoms with van der Waals surface area (Å²) in [6.07, 6.45) is 0. The average molecular weight is 782 g/mol. The number of hydrogen-bond donors (Lipinski definition) is 0. The largest absolute Gasteiger partial charge is 0.0622 e. The fourth-order valence-electron chi connectivity index (χ4n) is 4.36. The van der Waals surface area contributed by atoms with Gasteiger partial charge in [-0.05, 0) is 47.7 Å². The second-order valence-electron chi connectivity index (χ2n) is 8.89. The molecule has 0 aliphatic heterocycles. The van der Waals surface area contributed by atoms with E-state index in [9.17, 15) is 4.79 Å². The van der Waals surface area contributed by atoms with Crippen LogP contribution in [0.3, 0.4) is 0 Å². The van der Waals surface area contributed by atoms with Gasteiger partial charge in [-0.3, -0.25) is 0 Å². The molecule has 6 aromatic rings. The smallest absolute Gasteiger partial charge is 0.0134 e. The second-order valence-corrected chi connectivity index (χ2v) is 16.5. The summed E-state index contributed by atoms with van der Waals surface area (Å²) in [5.74, 6) is 0. The van der Waals surface area contributed by atoms with Gasteiger partial charge < -0.3 is 0 Å². The molecule has 0 bridgehead atoms.